The number of aliphatic hydroxyl groups is 1. The summed E-state index contributed by atoms with van der Waals surface area (Å²) in [6.45, 7) is 5.07. The van der Waals surface area contributed by atoms with E-state index in [-0.39, 0.29) is 24.0 Å². The second kappa shape index (κ2) is 8.85. The summed E-state index contributed by atoms with van der Waals surface area (Å²) >= 11 is 6.54. The molecule has 3 heterocycles. The first-order valence-corrected chi connectivity index (χ1v) is 10.3. The fraction of sp³-hybridized carbons (Fsp3) is 0.368. The monoisotopic (exact) mass is 418 g/mol. The van der Waals surface area contributed by atoms with Gasteiger partial charge < -0.3 is 10.4 Å². The fourth-order valence-corrected chi connectivity index (χ4v) is 4.06. The van der Waals surface area contributed by atoms with Crippen LogP contribution in [0.1, 0.15) is 25.8 Å². The zero-order chi connectivity index (χ0) is 20.3. The number of thioether (sulfide) groups is 1. The van der Waals surface area contributed by atoms with Crippen molar-refractivity contribution in [2.45, 2.75) is 20.3 Å². The van der Waals surface area contributed by atoms with Gasteiger partial charge in [-0.05, 0) is 30.5 Å². The molecule has 9 heteroatoms. The molecular weight excluding hydrogens is 396 g/mol. The van der Waals surface area contributed by atoms with Crippen molar-refractivity contribution in [1.82, 2.24) is 14.3 Å². The molecule has 0 spiro atoms. The van der Waals surface area contributed by atoms with E-state index >= 15 is 0 Å². The molecule has 7 nitrogen and oxygen atoms in total. The third-order valence-electron chi connectivity index (χ3n) is 4.09. The lowest BCUT2D eigenvalue weighted by atomic mass is 10.2. The van der Waals surface area contributed by atoms with Gasteiger partial charge in [0.25, 0.3) is 11.5 Å². The molecule has 3 rings (SSSR count). The Bertz CT molecular complexity index is 1000. The maximum absolute atomic E-state index is 13.0. The highest BCUT2D eigenvalue weighted by molar-refractivity contribution is 8.26. The van der Waals surface area contributed by atoms with Crippen LogP contribution in [0.25, 0.3) is 11.7 Å². The van der Waals surface area contributed by atoms with Crippen LogP contribution in [0.4, 0.5) is 5.82 Å². The number of carbonyl (C=O) groups is 1. The van der Waals surface area contributed by atoms with Gasteiger partial charge in [0.15, 0.2) is 0 Å². The summed E-state index contributed by atoms with van der Waals surface area (Å²) < 4.78 is 1.94. The average molecular weight is 419 g/mol. The van der Waals surface area contributed by atoms with Crippen LogP contribution >= 0.6 is 24.0 Å². The first-order valence-electron chi connectivity index (χ1n) is 9.04. The third kappa shape index (κ3) is 4.26. The first kappa shape index (κ1) is 20.5. The Kier molecular flexibility index (Phi) is 6.48. The van der Waals surface area contributed by atoms with E-state index in [4.69, 9.17) is 17.3 Å². The molecule has 1 fully saturated rings. The summed E-state index contributed by atoms with van der Waals surface area (Å²) in [4.78, 5) is 32.3. The topological polar surface area (TPSA) is 86.9 Å². The second-order valence-electron chi connectivity index (χ2n) is 6.80. The van der Waals surface area contributed by atoms with Gasteiger partial charge in [-0.25, -0.2) is 4.98 Å². The number of aliphatic hydroxyl groups excluding tert-OH is 1. The molecular formula is C19H22N4O3S2. The van der Waals surface area contributed by atoms with Crippen LogP contribution in [-0.4, -0.2) is 49.3 Å². The smallest absolute Gasteiger partial charge is 0.267 e. The largest absolute Gasteiger partial charge is 0.396 e. The number of pyridine rings is 1. The van der Waals surface area contributed by atoms with Gasteiger partial charge in [-0.1, -0.05) is 43.9 Å². The Hall–Kier alpha value is -2.23. The van der Waals surface area contributed by atoms with Crippen LogP contribution < -0.4 is 10.9 Å². The summed E-state index contributed by atoms with van der Waals surface area (Å²) in [6.07, 6.45) is 3.73. The van der Waals surface area contributed by atoms with Gasteiger partial charge in [0.2, 0.25) is 0 Å². The summed E-state index contributed by atoms with van der Waals surface area (Å²) in [5.74, 6) is 0.479. The Morgan fingerprint density at radius 3 is 2.86 bits per heavy atom. The Labute approximate surface area is 172 Å². The predicted octanol–water partition coefficient (Wildman–Crippen LogP) is 2.35. The van der Waals surface area contributed by atoms with Gasteiger partial charge in [0.05, 0.1) is 10.5 Å². The lowest BCUT2D eigenvalue weighted by molar-refractivity contribution is -0.122. The van der Waals surface area contributed by atoms with E-state index in [2.05, 4.69) is 10.3 Å². The Morgan fingerprint density at radius 2 is 2.14 bits per heavy atom. The number of fused-ring (bicyclic) bond motifs is 1. The molecule has 2 N–H and O–H groups in total. The SMILES string of the molecule is CC(C)CN1C(=O)C(=Cc2c(NCCCO)nc3ccccn3c2=O)SC1=S. The number of anilines is 1. The summed E-state index contributed by atoms with van der Waals surface area (Å²) in [6, 6.07) is 5.29. The van der Waals surface area contributed by atoms with Gasteiger partial charge in [0, 0.05) is 25.9 Å². The normalized spacial score (nSPS) is 16.0. The molecule has 1 saturated heterocycles. The van der Waals surface area contributed by atoms with E-state index in [9.17, 15) is 9.59 Å². The molecule has 2 aromatic rings. The number of carbonyl (C=O) groups excluding carboxylic acids is 1. The van der Waals surface area contributed by atoms with Crippen molar-refractivity contribution in [2.75, 3.05) is 25.0 Å². The van der Waals surface area contributed by atoms with E-state index in [1.54, 1.807) is 35.4 Å². The number of aromatic nitrogens is 2. The van der Waals surface area contributed by atoms with Gasteiger partial charge >= 0.3 is 0 Å². The zero-order valence-corrected chi connectivity index (χ0v) is 17.3. The standard InChI is InChI=1S/C19H22N4O3S2/c1-12(2)11-23-18(26)14(28-19(23)27)10-13-16(20-7-5-9-24)21-15-6-3-4-8-22(15)17(13)25/h3-4,6,8,10,12,20,24H,5,7,9,11H2,1-2H3. The molecule has 2 aromatic heterocycles. The molecule has 0 bridgehead atoms. The quantitative estimate of drug-likeness (QED) is 0.405. The van der Waals surface area contributed by atoms with Crippen molar-refractivity contribution in [3.8, 4) is 0 Å². The number of thiocarbonyl (C=S) groups is 1. The highest BCUT2D eigenvalue weighted by Crippen LogP contribution is 2.33. The minimum atomic E-state index is -0.272. The molecule has 148 valence electrons. The molecule has 0 radical (unpaired) electrons. The zero-order valence-electron chi connectivity index (χ0n) is 15.7. The molecule has 0 atom stereocenters. The van der Waals surface area contributed by atoms with Crippen LogP contribution in [0.15, 0.2) is 34.1 Å². The Balaban J connectivity index is 2.06. The van der Waals surface area contributed by atoms with Crippen molar-refractivity contribution in [3.63, 3.8) is 0 Å². The van der Waals surface area contributed by atoms with Crippen molar-refractivity contribution in [1.29, 1.82) is 0 Å². The molecule has 1 aliphatic rings. The number of hydrogen-bond acceptors (Lipinski definition) is 7. The molecule has 1 aliphatic heterocycles. The van der Waals surface area contributed by atoms with Crippen LogP contribution in [0.5, 0.6) is 0 Å². The average Bonchev–Trinajstić information content (AvgIpc) is 2.92. The van der Waals surface area contributed by atoms with Crippen molar-refractivity contribution >= 4 is 51.7 Å². The van der Waals surface area contributed by atoms with Crippen LogP contribution in [0.3, 0.4) is 0 Å². The first-order chi connectivity index (χ1) is 13.4. The van der Waals surface area contributed by atoms with E-state index in [1.165, 1.54) is 16.2 Å². The molecule has 1 amide bonds. The minimum absolute atomic E-state index is 0.0305. The van der Waals surface area contributed by atoms with Crippen LogP contribution in [0.2, 0.25) is 0 Å². The second-order valence-corrected chi connectivity index (χ2v) is 8.47. The predicted molar refractivity (Wildman–Crippen MR) is 116 cm³/mol. The lowest BCUT2D eigenvalue weighted by Crippen LogP contribution is -2.31. The number of rotatable bonds is 7. The number of hydrogen-bond donors (Lipinski definition) is 2. The summed E-state index contributed by atoms with van der Waals surface area (Å²) in [5, 5.41) is 12.1. The summed E-state index contributed by atoms with van der Waals surface area (Å²) in [7, 11) is 0. The van der Waals surface area contributed by atoms with Crippen LogP contribution in [0, 0.1) is 5.92 Å². The van der Waals surface area contributed by atoms with Crippen LogP contribution in [-0.2, 0) is 4.79 Å². The molecule has 0 aromatic carbocycles. The van der Waals surface area contributed by atoms with Gasteiger partial charge in [-0.2, -0.15) is 0 Å². The number of nitrogens with one attached hydrogen (secondary N) is 1. The highest BCUT2D eigenvalue weighted by atomic mass is 32.2. The van der Waals surface area contributed by atoms with E-state index in [1.807, 2.05) is 13.8 Å². The van der Waals surface area contributed by atoms with Crippen molar-refractivity contribution in [3.05, 3.63) is 45.2 Å². The Morgan fingerprint density at radius 1 is 1.36 bits per heavy atom. The molecule has 0 aliphatic carbocycles. The lowest BCUT2D eigenvalue weighted by Gasteiger charge is -2.16. The van der Waals surface area contributed by atoms with Gasteiger partial charge in [-0.15, -0.1) is 0 Å². The minimum Gasteiger partial charge on any atom is -0.396 e. The van der Waals surface area contributed by atoms with E-state index in [0.29, 0.717) is 45.8 Å². The maximum Gasteiger partial charge on any atom is 0.267 e. The van der Waals surface area contributed by atoms with Crippen molar-refractivity contribution in [2.24, 2.45) is 5.92 Å². The number of nitrogens with zero attached hydrogens (tertiary/aromatic N) is 3. The van der Waals surface area contributed by atoms with Gasteiger partial charge in [-0.3, -0.25) is 18.9 Å². The molecule has 0 saturated carbocycles. The third-order valence-corrected chi connectivity index (χ3v) is 5.47. The maximum atomic E-state index is 13.0. The highest BCUT2D eigenvalue weighted by Gasteiger charge is 2.32. The van der Waals surface area contributed by atoms with Gasteiger partial charge in [0.1, 0.15) is 15.8 Å². The van der Waals surface area contributed by atoms with E-state index < -0.39 is 0 Å². The summed E-state index contributed by atoms with van der Waals surface area (Å²) in [5.41, 5.74) is 0.529. The number of amides is 1. The fourth-order valence-electron chi connectivity index (χ4n) is 2.81. The van der Waals surface area contributed by atoms with Crippen molar-refractivity contribution < 1.29 is 9.90 Å². The molecule has 28 heavy (non-hydrogen) atoms. The van der Waals surface area contributed by atoms with E-state index in [0.717, 1.165) is 0 Å². The molecule has 0 unspecified atom stereocenters.